The van der Waals surface area contributed by atoms with Crippen molar-refractivity contribution in [3.05, 3.63) is 78.0 Å². The molecular formula is C23H22N2O. The summed E-state index contributed by atoms with van der Waals surface area (Å²) in [6.07, 6.45) is 0. The first-order chi connectivity index (χ1) is 12.5. The van der Waals surface area contributed by atoms with Gasteiger partial charge in [-0.25, -0.2) is 0 Å². The number of rotatable bonds is 5. The Labute approximate surface area is 154 Å². The van der Waals surface area contributed by atoms with Gasteiger partial charge in [-0.05, 0) is 43.2 Å². The van der Waals surface area contributed by atoms with E-state index in [1.807, 2.05) is 38.2 Å². The van der Waals surface area contributed by atoms with Gasteiger partial charge in [0.25, 0.3) is 0 Å². The predicted molar refractivity (Wildman–Crippen MR) is 106 cm³/mol. The minimum Gasteiger partial charge on any atom is -0.492 e. The van der Waals surface area contributed by atoms with Crippen molar-refractivity contribution in [1.82, 2.24) is 4.57 Å². The van der Waals surface area contributed by atoms with Crippen molar-refractivity contribution in [2.45, 2.75) is 13.8 Å². The summed E-state index contributed by atoms with van der Waals surface area (Å²) in [5.41, 5.74) is 7.21. The topological polar surface area (TPSA) is 37.9 Å². The van der Waals surface area contributed by atoms with E-state index in [-0.39, 0.29) is 0 Å². The summed E-state index contributed by atoms with van der Waals surface area (Å²) in [4.78, 5) is 0. The molecule has 0 aliphatic carbocycles. The molecule has 130 valence electrons. The summed E-state index contributed by atoms with van der Waals surface area (Å²) in [6, 6.07) is 20.4. The third-order valence-corrected chi connectivity index (χ3v) is 4.49. The van der Waals surface area contributed by atoms with E-state index in [1.54, 1.807) is 0 Å². The standard InChI is InChI=1S/C23H22N2O/c1-5-26-17(3)22-14-21(19-12-8-18(15-24)9-13-19)23(25(22)4)20-10-6-16(2)7-11-20/h6-14H,3,5H2,1-2,4H3. The van der Waals surface area contributed by atoms with Crippen molar-refractivity contribution < 1.29 is 4.74 Å². The summed E-state index contributed by atoms with van der Waals surface area (Å²) in [5.74, 6) is 0.656. The van der Waals surface area contributed by atoms with E-state index in [2.05, 4.69) is 54.5 Å². The Morgan fingerprint density at radius 2 is 1.69 bits per heavy atom. The van der Waals surface area contributed by atoms with Gasteiger partial charge in [0.05, 0.1) is 29.6 Å². The molecular weight excluding hydrogens is 320 g/mol. The van der Waals surface area contributed by atoms with Crippen LogP contribution in [0.4, 0.5) is 0 Å². The van der Waals surface area contributed by atoms with Gasteiger partial charge >= 0.3 is 0 Å². The van der Waals surface area contributed by atoms with Crippen LogP contribution in [0, 0.1) is 18.3 Å². The second-order valence-corrected chi connectivity index (χ2v) is 6.26. The highest BCUT2D eigenvalue weighted by atomic mass is 16.5. The Hall–Kier alpha value is -3.25. The fraction of sp³-hybridized carbons (Fsp3) is 0.174. The number of nitrogens with zero attached hydrogens (tertiary/aromatic N) is 2. The average molecular weight is 342 g/mol. The number of hydrogen-bond acceptors (Lipinski definition) is 2. The summed E-state index contributed by atoms with van der Waals surface area (Å²) >= 11 is 0. The third-order valence-electron chi connectivity index (χ3n) is 4.49. The molecule has 0 N–H and O–H groups in total. The largest absolute Gasteiger partial charge is 0.492 e. The number of ether oxygens (including phenoxy) is 1. The van der Waals surface area contributed by atoms with Crippen molar-refractivity contribution in [2.75, 3.05) is 6.61 Å². The zero-order valence-electron chi connectivity index (χ0n) is 15.4. The second-order valence-electron chi connectivity index (χ2n) is 6.26. The van der Waals surface area contributed by atoms with Gasteiger partial charge in [-0.1, -0.05) is 48.5 Å². The van der Waals surface area contributed by atoms with Gasteiger partial charge in [0, 0.05) is 12.6 Å². The van der Waals surface area contributed by atoms with Crippen LogP contribution < -0.4 is 0 Å². The lowest BCUT2D eigenvalue weighted by atomic mass is 9.99. The zero-order valence-corrected chi connectivity index (χ0v) is 15.4. The third kappa shape index (κ3) is 3.27. The molecule has 0 fully saturated rings. The Balaban J connectivity index is 2.20. The van der Waals surface area contributed by atoms with Crippen LogP contribution in [0.2, 0.25) is 0 Å². The van der Waals surface area contributed by atoms with Gasteiger partial charge < -0.3 is 9.30 Å². The molecule has 0 bridgehead atoms. The number of aryl methyl sites for hydroxylation is 1. The summed E-state index contributed by atoms with van der Waals surface area (Å²) in [6.45, 7) is 8.69. The highest BCUT2D eigenvalue weighted by Gasteiger charge is 2.18. The monoisotopic (exact) mass is 342 g/mol. The summed E-state index contributed by atoms with van der Waals surface area (Å²) < 4.78 is 7.77. The first kappa shape index (κ1) is 17.6. The first-order valence-electron chi connectivity index (χ1n) is 8.64. The molecule has 0 aliphatic rings. The molecule has 3 heteroatoms. The lowest BCUT2D eigenvalue weighted by molar-refractivity contribution is 0.296. The van der Waals surface area contributed by atoms with Crippen molar-refractivity contribution >= 4 is 5.76 Å². The second kappa shape index (κ2) is 7.33. The quantitative estimate of drug-likeness (QED) is 0.570. The van der Waals surface area contributed by atoms with E-state index < -0.39 is 0 Å². The van der Waals surface area contributed by atoms with Crippen molar-refractivity contribution in [3.63, 3.8) is 0 Å². The Morgan fingerprint density at radius 3 is 2.27 bits per heavy atom. The number of aromatic nitrogens is 1. The summed E-state index contributed by atoms with van der Waals surface area (Å²) in [7, 11) is 2.03. The molecule has 0 saturated carbocycles. The molecule has 3 aromatic rings. The molecule has 1 heterocycles. The van der Waals surface area contributed by atoms with Crippen molar-refractivity contribution in [2.24, 2.45) is 7.05 Å². The van der Waals surface area contributed by atoms with Crippen LogP contribution >= 0.6 is 0 Å². The number of nitriles is 1. The fourth-order valence-corrected chi connectivity index (χ4v) is 3.12. The Kier molecular flexibility index (Phi) is 4.95. The van der Waals surface area contributed by atoms with Crippen LogP contribution in [0.3, 0.4) is 0 Å². The molecule has 2 aromatic carbocycles. The molecule has 3 rings (SSSR count). The average Bonchev–Trinajstić information content (AvgIpc) is 3.00. The van der Waals surface area contributed by atoms with Crippen LogP contribution in [-0.2, 0) is 11.8 Å². The van der Waals surface area contributed by atoms with E-state index in [1.165, 1.54) is 5.56 Å². The molecule has 0 unspecified atom stereocenters. The zero-order chi connectivity index (χ0) is 18.7. The van der Waals surface area contributed by atoms with Gasteiger partial charge in [-0.3, -0.25) is 0 Å². The van der Waals surface area contributed by atoms with E-state index in [9.17, 15) is 0 Å². The molecule has 26 heavy (non-hydrogen) atoms. The Morgan fingerprint density at radius 1 is 1.08 bits per heavy atom. The highest BCUT2D eigenvalue weighted by Crippen LogP contribution is 2.37. The van der Waals surface area contributed by atoms with Crippen LogP contribution in [0.1, 0.15) is 23.7 Å². The van der Waals surface area contributed by atoms with Gasteiger partial charge in [0.2, 0.25) is 0 Å². The van der Waals surface area contributed by atoms with Crippen LogP contribution in [-0.4, -0.2) is 11.2 Å². The van der Waals surface area contributed by atoms with Crippen molar-refractivity contribution in [3.8, 4) is 28.5 Å². The van der Waals surface area contributed by atoms with E-state index >= 15 is 0 Å². The fourth-order valence-electron chi connectivity index (χ4n) is 3.12. The maximum Gasteiger partial charge on any atom is 0.135 e. The van der Waals surface area contributed by atoms with Gasteiger partial charge in [0.15, 0.2) is 0 Å². The summed E-state index contributed by atoms with van der Waals surface area (Å²) in [5, 5.41) is 9.06. The minimum absolute atomic E-state index is 0.579. The minimum atomic E-state index is 0.579. The smallest absolute Gasteiger partial charge is 0.135 e. The molecule has 0 spiro atoms. The molecule has 3 nitrogen and oxygen atoms in total. The van der Waals surface area contributed by atoms with E-state index in [0.29, 0.717) is 17.9 Å². The predicted octanol–water partition coefficient (Wildman–Crippen LogP) is 5.55. The number of hydrogen-bond donors (Lipinski definition) is 0. The maximum atomic E-state index is 9.06. The van der Waals surface area contributed by atoms with Crippen molar-refractivity contribution in [1.29, 1.82) is 5.26 Å². The van der Waals surface area contributed by atoms with Gasteiger partial charge in [-0.2, -0.15) is 5.26 Å². The lowest BCUT2D eigenvalue weighted by Crippen LogP contribution is -2.00. The van der Waals surface area contributed by atoms with Crippen LogP contribution in [0.15, 0.2) is 61.2 Å². The highest BCUT2D eigenvalue weighted by molar-refractivity contribution is 5.85. The molecule has 0 atom stereocenters. The number of benzene rings is 2. The lowest BCUT2D eigenvalue weighted by Gasteiger charge is -2.12. The maximum absolute atomic E-state index is 9.06. The molecule has 0 aliphatic heterocycles. The molecule has 1 aromatic heterocycles. The first-order valence-corrected chi connectivity index (χ1v) is 8.64. The molecule has 0 amide bonds. The normalized spacial score (nSPS) is 10.4. The SMILES string of the molecule is C=C(OCC)c1cc(-c2ccc(C#N)cc2)c(-c2ccc(C)cc2)n1C. The van der Waals surface area contributed by atoms with Gasteiger partial charge in [0.1, 0.15) is 5.76 Å². The Bertz CT molecular complexity index is 971. The van der Waals surface area contributed by atoms with Gasteiger partial charge in [-0.15, -0.1) is 0 Å². The molecule has 0 saturated heterocycles. The van der Waals surface area contributed by atoms with Crippen LogP contribution in [0.5, 0.6) is 0 Å². The molecule has 0 radical (unpaired) electrons. The van der Waals surface area contributed by atoms with E-state index in [0.717, 1.165) is 28.1 Å². The van der Waals surface area contributed by atoms with E-state index in [4.69, 9.17) is 10.00 Å². The van der Waals surface area contributed by atoms with Crippen LogP contribution in [0.25, 0.3) is 28.1 Å².